The molecule has 1 aromatic rings. The first kappa shape index (κ1) is 25.7. The number of rotatable bonds is 1. The number of hydrogen-bond donors (Lipinski definition) is 0. The number of ketones is 2. The third-order valence-electron chi connectivity index (χ3n) is 12.9. The number of nitrogens with zero attached hydrogens (tertiary/aromatic N) is 3. The quantitative estimate of drug-likeness (QED) is 0.381. The molecule has 1 heterocycles. The first-order valence-corrected chi connectivity index (χ1v) is 14.3. The van der Waals surface area contributed by atoms with Crippen molar-refractivity contribution >= 4 is 11.6 Å². The van der Waals surface area contributed by atoms with Crippen molar-refractivity contribution in [1.29, 1.82) is 0 Å². The van der Waals surface area contributed by atoms with Crippen LogP contribution in [0.4, 0.5) is 0 Å². The molecule has 8 atom stereocenters. The number of carbonyl (C=O) groups is 2. The summed E-state index contributed by atoms with van der Waals surface area (Å²) in [5, 5.41) is 8.28. The Balaban J connectivity index is 1.49. The fourth-order valence-corrected chi connectivity index (χ4v) is 10.3. The van der Waals surface area contributed by atoms with Crippen LogP contribution in [-0.4, -0.2) is 21.8 Å². The van der Waals surface area contributed by atoms with Crippen LogP contribution in [0.25, 0.3) is 4.85 Å². The summed E-state index contributed by atoms with van der Waals surface area (Å²) in [5.74, 6) is 1.11. The van der Waals surface area contributed by atoms with E-state index in [9.17, 15) is 9.59 Å². The van der Waals surface area contributed by atoms with Crippen LogP contribution in [0, 0.1) is 51.4 Å². The van der Waals surface area contributed by atoms with Gasteiger partial charge in [-0.15, -0.1) is 10.2 Å². The number of Topliss-reactive ketones (excluding diaryl/α,β-unsaturated/α-hetero) is 1. The minimum atomic E-state index is -0.632. The predicted molar refractivity (Wildman–Crippen MR) is 143 cm³/mol. The van der Waals surface area contributed by atoms with Gasteiger partial charge in [0.05, 0.1) is 6.57 Å². The highest BCUT2D eigenvalue weighted by molar-refractivity contribution is 6.03. The van der Waals surface area contributed by atoms with E-state index in [4.69, 9.17) is 11.0 Å². The first-order chi connectivity index (χ1) is 17.7. The smallest absolute Gasteiger partial charge is 0.226 e. The standard InChI is InChI=1S/C32H41N3O3/c1-27(2)22-9-10-31(6)23(30(22,5)17-20(33-8)25(27)37)15-21(36)24-19-16-29(4,26-35-34-18-38-26)12-11-28(19,3)13-14-32(24,31)7/h15,17-19,22,24H,9-14,16H2,1-7H3/t19-,22-,24-,28+,29-,30-,31+,32+/m0/s1. The number of carbonyl (C=O) groups excluding carboxylic acids is 2. The zero-order chi connectivity index (χ0) is 27.5. The Morgan fingerprint density at radius 1 is 1.00 bits per heavy atom. The molecule has 6 rings (SSSR count). The second-order valence-corrected chi connectivity index (χ2v) is 15.0. The van der Waals surface area contributed by atoms with Crippen LogP contribution >= 0.6 is 0 Å². The molecule has 0 bridgehead atoms. The highest BCUT2D eigenvalue weighted by Gasteiger charge is 2.69. The summed E-state index contributed by atoms with van der Waals surface area (Å²) in [5.41, 5.74) is -0.226. The summed E-state index contributed by atoms with van der Waals surface area (Å²) < 4.78 is 5.73. The maximum atomic E-state index is 14.4. The van der Waals surface area contributed by atoms with E-state index < -0.39 is 10.8 Å². The summed E-state index contributed by atoms with van der Waals surface area (Å²) in [6, 6.07) is 0. The monoisotopic (exact) mass is 515 g/mol. The van der Waals surface area contributed by atoms with Gasteiger partial charge in [0.2, 0.25) is 18.0 Å². The van der Waals surface area contributed by atoms with Gasteiger partial charge in [-0.1, -0.05) is 60.1 Å². The van der Waals surface area contributed by atoms with Crippen LogP contribution in [0.2, 0.25) is 0 Å². The van der Waals surface area contributed by atoms with E-state index in [1.54, 1.807) is 0 Å². The first-order valence-electron chi connectivity index (χ1n) is 14.3. The molecule has 3 saturated carbocycles. The summed E-state index contributed by atoms with van der Waals surface area (Å²) in [6.07, 6.45) is 12.2. The Labute approximate surface area is 226 Å². The van der Waals surface area contributed by atoms with Gasteiger partial charge in [0.25, 0.3) is 0 Å². The van der Waals surface area contributed by atoms with E-state index in [0.29, 0.717) is 5.89 Å². The van der Waals surface area contributed by atoms with Crippen molar-refractivity contribution in [2.24, 2.45) is 44.8 Å². The number of hydrogen-bond acceptors (Lipinski definition) is 5. The predicted octanol–water partition coefficient (Wildman–Crippen LogP) is 6.89. The van der Waals surface area contributed by atoms with E-state index in [0.717, 1.165) is 50.5 Å². The zero-order valence-corrected chi connectivity index (χ0v) is 24.0. The van der Waals surface area contributed by atoms with Crippen LogP contribution in [-0.2, 0) is 15.0 Å². The lowest BCUT2D eigenvalue weighted by Gasteiger charge is -2.69. The highest BCUT2D eigenvalue weighted by atomic mass is 16.4. The van der Waals surface area contributed by atoms with Crippen molar-refractivity contribution in [3.8, 4) is 0 Å². The van der Waals surface area contributed by atoms with Crippen LogP contribution in [0.5, 0.6) is 0 Å². The minimum Gasteiger partial charge on any atom is -0.427 e. The number of aromatic nitrogens is 2. The molecule has 5 aliphatic carbocycles. The van der Waals surface area contributed by atoms with Crippen LogP contribution in [0.15, 0.2) is 34.2 Å². The normalized spacial score (nSPS) is 47.5. The third kappa shape index (κ3) is 2.94. The Morgan fingerprint density at radius 3 is 2.37 bits per heavy atom. The second-order valence-electron chi connectivity index (χ2n) is 15.0. The van der Waals surface area contributed by atoms with E-state index in [2.05, 4.69) is 49.7 Å². The Morgan fingerprint density at radius 2 is 1.71 bits per heavy atom. The van der Waals surface area contributed by atoms with E-state index in [1.807, 2.05) is 26.0 Å². The lowest BCUT2D eigenvalue weighted by molar-refractivity contribution is -0.166. The topological polar surface area (TPSA) is 77.4 Å². The van der Waals surface area contributed by atoms with Crippen molar-refractivity contribution in [2.45, 2.75) is 98.8 Å². The SMILES string of the molecule is [C-]#[N+]C1=C[C@]2(C)C3=CC(=O)[C@@H]4[C@@H]5C[C@@](C)(c6nnco6)CC[C@]5(C)CC[C@@]4(C)[C@]3(C)CC[C@H]2C(C)(C)C1=O. The summed E-state index contributed by atoms with van der Waals surface area (Å²) in [6.45, 7) is 23.3. The van der Waals surface area contributed by atoms with Crippen LogP contribution in [0.1, 0.15) is 99.3 Å². The Hall–Kier alpha value is -2.55. The molecule has 0 N–H and O–H groups in total. The molecule has 0 aliphatic heterocycles. The molecule has 0 saturated heterocycles. The molecule has 6 heteroatoms. The number of fused-ring (bicyclic) bond motifs is 7. The minimum absolute atomic E-state index is 0.0543. The second kappa shape index (κ2) is 7.55. The molecule has 6 nitrogen and oxygen atoms in total. The van der Waals surface area contributed by atoms with Gasteiger partial charge in [-0.05, 0) is 79.1 Å². The van der Waals surface area contributed by atoms with Crippen molar-refractivity contribution in [2.75, 3.05) is 0 Å². The third-order valence-corrected chi connectivity index (χ3v) is 12.9. The Kier molecular flexibility index (Phi) is 5.11. The zero-order valence-electron chi connectivity index (χ0n) is 24.0. The molecule has 1 aromatic heterocycles. The summed E-state index contributed by atoms with van der Waals surface area (Å²) in [4.78, 5) is 31.4. The maximum Gasteiger partial charge on any atom is 0.226 e. The van der Waals surface area contributed by atoms with Crippen molar-refractivity contribution in [1.82, 2.24) is 10.2 Å². The molecule has 0 radical (unpaired) electrons. The molecule has 0 aromatic carbocycles. The average Bonchev–Trinajstić information content (AvgIpc) is 3.40. The van der Waals surface area contributed by atoms with Gasteiger partial charge >= 0.3 is 0 Å². The molecule has 0 spiro atoms. The van der Waals surface area contributed by atoms with Gasteiger partial charge in [-0.2, -0.15) is 0 Å². The van der Waals surface area contributed by atoms with E-state index in [-0.39, 0.29) is 56.7 Å². The molecule has 3 fully saturated rings. The van der Waals surface area contributed by atoms with Crippen LogP contribution < -0.4 is 0 Å². The van der Waals surface area contributed by atoms with E-state index >= 15 is 0 Å². The molecule has 0 amide bonds. The maximum absolute atomic E-state index is 14.4. The summed E-state index contributed by atoms with van der Waals surface area (Å²) in [7, 11) is 0. The molecule has 202 valence electrons. The lowest BCUT2D eigenvalue weighted by Crippen LogP contribution is -2.64. The van der Waals surface area contributed by atoms with Crippen molar-refractivity contribution < 1.29 is 14.0 Å². The molecule has 38 heavy (non-hydrogen) atoms. The molecule has 5 aliphatic rings. The van der Waals surface area contributed by atoms with Gasteiger partial charge < -0.3 is 9.21 Å². The van der Waals surface area contributed by atoms with Gasteiger partial charge in [0.15, 0.2) is 11.6 Å². The largest absolute Gasteiger partial charge is 0.427 e. The van der Waals surface area contributed by atoms with Crippen molar-refractivity contribution in [3.63, 3.8) is 0 Å². The fraction of sp³-hybridized carbons (Fsp3) is 0.719. The summed E-state index contributed by atoms with van der Waals surface area (Å²) >= 11 is 0. The van der Waals surface area contributed by atoms with Gasteiger partial charge in [0.1, 0.15) is 0 Å². The van der Waals surface area contributed by atoms with Crippen LogP contribution in [0.3, 0.4) is 0 Å². The van der Waals surface area contributed by atoms with Gasteiger partial charge in [-0.3, -0.25) is 4.79 Å². The average molecular weight is 516 g/mol. The van der Waals surface area contributed by atoms with Gasteiger partial charge in [0, 0.05) is 22.2 Å². The highest BCUT2D eigenvalue weighted by Crippen LogP contribution is 2.74. The molecule has 0 unspecified atom stereocenters. The molecular formula is C32H41N3O3. The van der Waals surface area contributed by atoms with Crippen molar-refractivity contribution in [3.05, 3.63) is 47.1 Å². The lowest BCUT2D eigenvalue weighted by atomic mass is 9.34. The fourth-order valence-electron chi connectivity index (χ4n) is 10.3. The Bertz CT molecular complexity index is 1330. The molecular weight excluding hydrogens is 474 g/mol. The number of allylic oxidation sites excluding steroid dienone is 4. The van der Waals surface area contributed by atoms with Gasteiger partial charge in [-0.25, -0.2) is 4.85 Å². The van der Waals surface area contributed by atoms with E-state index in [1.165, 1.54) is 6.39 Å².